The molecule has 0 bridgehead atoms. The highest BCUT2D eigenvalue weighted by molar-refractivity contribution is 6.32. The molecule has 1 N–H and O–H groups in total. The Bertz CT molecular complexity index is 469. The Kier molecular flexibility index (Phi) is 3.56. The van der Waals surface area contributed by atoms with E-state index >= 15 is 0 Å². The summed E-state index contributed by atoms with van der Waals surface area (Å²) in [6.07, 6.45) is 2.04. The maximum absolute atomic E-state index is 11.1. The van der Waals surface area contributed by atoms with E-state index in [2.05, 4.69) is 9.97 Å². The lowest BCUT2D eigenvalue weighted by atomic mass is 10.0. The summed E-state index contributed by atoms with van der Waals surface area (Å²) in [7, 11) is 1.47. The zero-order valence-corrected chi connectivity index (χ0v) is 10.9. The monoisotopic (exact) mass is 271 g/mol. The van der Waals surface area contributed by atoms with E-state index < -0.39 is 11.9 Å². The summed E-state index contributed by atoms with van der Waals surface area (Å²) in [6.45, 7) is 2.47. The molecule has 2 unspecified atom stereocenters. The Morgan fingerprint density at radius 3 is 2.94 bits per heavy atom. The highest BCUT2D eigenvalue weighted by Gasteiger charge is 2.37. The fourth-order valence-corrected chi connectivity index (χ4v) is 2.41. The molecule has 0 saturated carbocycles. The minimum Gasteiger partial charge on any atom is -0.481 e. The summed E-state index contributed by atoms with van der Waals surface area (Å²) in [5, 5.41) is 9.50. The number of hydrogen-bond donors (Lipinski definition) is 1. The topological polar surface area (TPSA) is 75.5 Å². The second kappa shape index (κ2) is 4.97. The SMILES string of the molecule is COc1ncc(Cl)c(N2CCC(C(=O)O)C2C)n1. The lowest BCUT2D eigenvalue weighted by Gasteiger charge is -2.25. The zero-order chi connectivity index (χ0) is 13.3. The van der Waals surface area contributed by atoms with Crippen molar-refractivity contribution in [3.8, 4) is 6.01 Å². The predicted octanol–water partition coefficient (Wildman–Crippen LogP) is 1.44. The molecule has 1 aromatic rings. The van der Waals surface area contributed by atoms with Gasteiger partial charge in [-0.2, -0.15) is 4.98 Å². The maximum atomic E-state index is 11.1. The number of rotatable bonds is 3. The Labute approximate surface area is 110 Å². The third-order valence-electron chi connectivity index (χ3n) is 3.23. The van der Waals surface area contributed by atoms with Crippen molar-refractivity contribution < 1.29 is 14.6 Å². The van der Waals surface area contributed by atoms with Gasteiger partial charge in [-0.25, -0.2) is 4.98 Å². The number of hydrogen-bond acceptors (Lipinski definition) is 5. The van der Waals surface area contributed by atoms with Gasteiger partial charge in [-0.1, -0.05) is 11.6 Å². The highest BCUT2D eigenvalue weighted by Crippen LogP contribution is 2.33. The van der Waals surface area contributed by atoms with Crippen molar-refractivity contribution >= 4 is 23.4 Å². The summed E-state index contributed by atoms with van der Waals surface area (Å²) in [4.78, 5) is 21.0. The van der Waals surface area contributed by atoms with E-state index in [1.165, 1.54) is 13.3 Å². The Balaban J connectivity index is 2.30. The van der Waals surface area contributed by atoms with Gasteiger partial charge in [-0.3, -0.25) is 4.79 Å². The van der Waals surface area contributed by atoms with Gasteiger partial charge < -0.3 is 14.7 Å². The molecular weight excluding hydrogens is 258 g/mol. The van der Waals surface area contributed by atoms with Gasteiger partial charge in [-0.15, -0.1) is 0 Å². The number of carboxylic acid groups (broad SMARTS) is 1. The van der Waals surface area contributed by atoms with Crippen LogP contribution in [0.4, 0.5) is 5.82 Å². The van der Waals surface area contributed by atoms with Crippen LogP contribution in [0.1, 0.15) is 13.3 Å². The molecule has 6 nitrogen and oxygen atoms in total. The average Bonchev–Trinajstić information content (AvgIpc) is 2.72. The summed E-state index contributed by atoms with van der Waals surface area (Å²) in [5.41, 5.74) is 0. The molecule has 2 atom stereocenters. The number of aromatic nitrogens is 2. The van der Waals surface area contributed by atoms with Crippen LogP contribution in [0, 0.1) is 5.92 Å². The smallest absolute Gasteiger partial charge is 0.318 e. The van der Waals surface area contributed by atoms with E-state index in [9.17, 15) is 4.79 Å². The average molecular weight is 272 g/mol. The number of carboxylic acids is 1. The van der Waals surface area contributed by atoms with Crippen molar-refractivity contribution in [3.05, 3.63) is 11.2 Å². The van der Waals surface area contributed by atoms with E-state index in [1.807, 2.05) is 11.8 Å². The van der Waals surface area contributed by atoms with Crippen molar-refractivity contribution in [1.29, 1.82) is 0 Å². The molecule has 98 valence electrons. The van der Waals surface area contributed by atoms with Gasteiger partial charge in [0.15, 0.2) is 5.82 Å². The van der Waals surface area contributed by atoms with Crippen molar-refractivity contribution in [2.24, 2.45) is 5.92 Å². The second-order valence-electron chi connectivity index (χ2n) is 4.20. The molecule has 1 fully saturated rings. The number of halogens is 1. The fraction of sp³-hybridized carbons (Fsp3) is 0.545. The molecule has 1 aliphatic rings. The van der Waals surface area contributed by atoms with Crippen molar-refractivity contribution in [3.63, 3.8) is 0 Å². The molecule has 0 radical (unpaired) electrons. The lowest BCUT2D eigenvalue weighted by Crippen LogP contribution is -2.33. The first-order valence-corrected chi connectivity index (χ1v) is 5.98. The first-order chi connectivity index (χ1) is 8.54. The minimum absolute atomic E-state index is 0.153. The Morgan fingerprint density at radius 1 is 1.67 bits per heavy atom. The molecule has 0 amide bonds. The molecule has 1 saturated heterocycles. The maximum Gasteiger partial charge on any atom is 0.318 e. The highest BCUT2D eigenvalue weighted by atomic mass is 35.5. The van der Waals surface area contributed by atoms with Gasteiger partial charge in [0.25, 0.3) is 0 Å². The molecule has 1 aliphatic heterocycles. The van der Waals surface area contributed by atoms with Gasteiger partial charge in [0.2, 0.25) is 0 Å². The second-order valence-corrected chi connectivity index (χ2v) is 4.60. The van der Waals surface area contributed by atoms with E-state index in [0.29, 0.717) is 23.8 Å². The Morgan fingerprint density at radius 2 is 2.39 bits per heavy atom. The molecule has 0 aliphatic carbocycles. The van der Waals surface area contributed by atoms with Crippen LogP contribution in [-0.4, -0.2) is 40.7 Å². The minimum atomic E-state index is -0.790. The quantitative estimate of drug-likeness (QED) is 0.896. The lowest BCUT2D eigenvalue weighted by molar-refractivity contribution is -0.141. The third kappa shape index (κ3) is 2.20. The first kappa shape index (κ1) is 12.9. The number of aliphatic carboxylic acids is 1. The molecular formula is C11H14ClN3O3. The number of carbonyl (C=O) groups is 1. The first-order valence-electron chi connectivity index (χ1n) is 5.60. The van der Waals surface area contributed by atoms with Crippen molar-refractivity contribution in [1.82, 2.24) is 9.97 Å². The largest absolute Gasteiger partial charge is 0.481 e. The predicted molar refractivity (Wildman–Crippen MR) is 66.1 cm³/mol. The van der Waals surface area contributed by atoms with Gasteiger partial charge in [0.05, 0.1) is 19.2 Å². The normalized spacial score (nSPS) is 23.2. The van der Waals surface area contributed by atoms with E-state index in [-0.39, 0.29) is 12.1 Å². The van der Waals surface area contributed by atoms with Crippen LogP contribution in [0.15, 0.2) is 6.20 Å². The van der Waals surface area contributed by atoms with Crippen LogP contribution in [0.3, 0.4) is 0 Å². The Hall–Kier alpha value is -1.56. The van der Waals surface area contributed by atoms with E-state index in [4.69, 9.17) is 21.4 Å². The van der Waals surface area contributed by atoms with Crippen LogP contribution >= 0.6 is 11.6 Å². The van der Waals surface area contributed by atoms with Gasteiger partial charge in [0, 0.05) is 12.6 Å². The van der Waals surface area contributed by atoms with Gasteiger partial charge >= 0.3 is 12.0 Å². The fourth-order valence-electron chi connectivity index (χ4n) is 2.21. The van der Waals surface area contributed by atoms with Crippen LogP contribution in [0.2, 0.25) is 5.02 Å². The van der Waals surface area contributed by atoms with E-state index in [1.54, 1.807) is 0 Å². The zero-order valence-electron chi connectivity index (χ0n) is 10.1. The molecule has 1 aromatic heterocycles. The molecule has 0 aromatic carbocycles. The van der Waals surface area contributed by atoms with Crippen LogP contribution in [0.5, 0.6) is 6.01 Å². The summed E-state index contributed by atoms with van der Waals surface area (Å²) in [6, 6.07) is 0.0694. The molecule has 18 heavy (non-hydrogen) atoms. The third-order valence-corrected chi connectivity index (χ3v) is 3.50. The molecule has 7 heteroatoms. The van der Waals surface area contributed by atoms with Crippen molar-refractivity contribution in [2.45, 2.75) is 19.4 Å². The standard InChI is InChI=1S/C11H14ClN3O3/c1-6-7(10(16)17)3-4-15(6)9-8(12)5-13-11(14-9)18-2/h5-7H,3-4H2,1-2H3,(H,16,17). The summed E-state index contributed by atoms with van der Waals surface area (Å²) < 4.78 is 4.96. The summed E-state index contributed by atoms with van der Waals surface area (Å²) >= 11 is 6.06. The van der Waals surface area contributed by atoms with Crippen LogP contribution in [-0.2, 0) is 4.79 Å². The van der Waals surface area contributed by atoms with Crippen molar-refractivity contribution in [2.75, 3.05) is 18.6 Å². The number of methoxy groups -OCH3 is 1. The van der Waals surface area contributed by atoms with Crippen LogP contribution < -0.4 is 9.64 Å². The molecule has 0 spiro atoms. The summed E-state index contributed by atoms with van der Waals surface area (Å²) in [5.74, 6) is -0.663. The number of anilines is 1. The molecule has 2 rings (SSSR count). The van der Waals surface area contributed by atoms with Gasteiger partial charge in [-0.05, 0) is 13.3 Å². The van der Waals surface area contributed by atoms with E-state index in [0.717, 1.165) is 0 Å². The number of ether oxygens (including phenoxy) is 1. The van der Waals surface area contributed by atoms with Crippen LogP contribution in [0.25, 0.3) is 0 Å². The number of nitrogens with zero attached hydrogens (tertiary/aromatic N) is 3. The van der Waals surface area contributed by atoms with Gasteiger partial charge in [0.1, 0.15) is 5.02 Å². The molecule has 2 heterocycles.